The van der Waals surface area contributed by atoms with Crippen LogP contribution in [0.1, 0.15) is 24.0 Å². The van der Waals surface area contributed by atoms with E-state index in [2.05, 4.69) is 30.3 Å². The SMILES string of the molecule is Cc1ccccc1-n1nnc(-c2nc(-c3ccc(CN4CCC(C(=O)O)CC4)cc3)no2)c1-c1ccncc1. The van der Waals surface area contributed by atoms with Gasteiger partial charge >= 0.3 is 5.97 Å². The van der Waals surface area contributed by atoms with Crippen molar-refractivity contribution in [3.63, 3.8) is 0 Å². The molecule has 5 aromatic rings. The zero-order chi connectivity index (χ0) is 26.8. The predicted octanol–water partition coefficient (Wildman–Crippen LogP) is 4.65. The molecular weight excluding hydrogens is 494 g/mol. The smallest absolute Gasteiger partial charge is 0.306 e. The molecule has 0 amide bonds. The summed E-state index contributed by atoms with van der Waals surface area (Å²) >= 11 is 0. The van der Waals surface area contributed by atoms with Crippen LogP contribution in [0.5, 0.6) is 0 Å². The molecule has 1 aliphatic heterocycles. The van der Waals surface area contributed by atoms with Gasteiger partial charge in [-0.25, -0.2) is 4.68 Å². The highest BCUT2D eigenvalue weighted by molar-refractivity contribution is 5.76. The van der Waals surface area contributed by atoms with E-state index in [1.807, 2.05) is 67.6 Å². The fraction of sp³-hybridized carbons (Fsp3) is 0.241. The number of hydrogen-bond donors (Lipinski definition) is 1. The molecule has 2 aromatic carbocycles. The lowest BCUT2D eigenvalue weighted by molar-refractivity contribution is -0.143. The molecule has 0 aliphatic carbocycles. The second kappa shape index (κ2) is 10.6. The third-order valence-corrected chi connectivity index (χ3v) is 7.15. The van der Waals surface area contributed by atoms with Crippen LogP contribution in [-0.4, -0.2) is 59.2 Å². The minimum Gasteiger partial charge on any atom is -0.481 e. The summed E-state index contributed by atoms with van der Waals surface area (Å²) in [4.78, 5) is 22.3. The van der Waals surface area contributed by atoms with Crippen LogP contribution in [0.3, 0.4) is 0 Å². The van der Waals surface area contributed by atoms with E-state index in [1.54, 1.807) is 17.1 Å². The molecule has 10 heteroatoms. The first-order valence-corrected chi connectivity index (χ1v) is 12.9. The quantitative estimate of drug-likeness (QED) is 0.326. The summed E-state index contributed by atoms with van der Waals surface area (Å²) in [6, 6.07) is 19.8. The van der Waals surface area contributed by atoms with Gasteiger partial charge in [-0.15, -0.1) is 5.10 Å². The van der Waals surface area contributed by atoms with Crippen molar-refractivity contribution in [1.82, 2.24) is 35.0 Å². The predicted molar refractivity (Wildman–Crippen MR) is 144 cm³/mol. The van der Waals surface area contributed by atoms with Crippen LogP contribution in [-0.2, 0) is 11.3 Å². The molecule has 0 atom stereocenters. The summed E-state index contributed by atoms with van der Waals surface area (Å²) in [5, 5.41) is 22.3. The summed E-state index contributed by atoms with van der Waals surface area (Å²) < 4.78 is 7.47. The summed E-state index contributed by atoms with van der Waals surface area (Å²) in [5.74, 6) is -0.176. The van der Waals surface area contributed by atoms with Gasteiger partial charge in [0.25, 0.3) is 5.89 Å². The maximum absolute atomic E-state index is 11.2. The number of piperidine rings is 1. The third-order valence-electron chi connectivity index (χ3n) is 7.15. The molecule has 0 spiro atoms. The first kappa shape index (κ1) is 24.6. The van der Waals surface area contributed by atoms with Crippen LogP contribution in [0.15, 0.2) is 77.6 Å². The number of carbonyl (C=O) groups is 1. The van der Waals surface area contributed by atoms with E-state index in [1.165, 1.54) is 0 Å². The van der Waals surface area contributed by atoms with Crippen molar-refractivity contribution in [2.24, 2.45) is 5.92 Å². The van der Waals surface area contributed by atoms with Crippen molar-refractivity contribution in [1.29, 1.82) is 0 Å². The van der Waals surface area contributed by atoms with E-state index in [4.69, 9.17) is 4.52 Å². The lowest BCUT2D eigenvalue weighted by Gasteiger charge is -2.30. The Kier molecular flexibility index (Phi) is 6.68. The van der Waals surface area contributed by atoms with Gasteiger partial charge in [-0.2, -0.15) is 4.98 Å². The van der Waals surface area contributed by atoms with Crippen LogP contribution in [0, 0.1) is 12.8 Å². The fourth-order valence-electron chi connectivity index (χ4n) is 4.96. The van der Waals surface area contributed by atoms with E-state index in [9.17, 15) is 9.90 Å². The molecule has 10 nitrogen and oxygen atoms in total. The Labute approximate surface area is 224 Å². The maximum Gasteiger partial charge on any atom is 0.306 e. The van der Waals surface area contributed by atoms with E-state index in [0.29, 0.717) is 24.4 Å². The van der Waals surface area contributed by atoms with Crippen LogP contribution >= 0.6 is 0 Å². The first-order chi connectivity index (χ1) is 19.1. The van der Waals surface area contributed by atoms with Gasteiger partial charge in [0.05, 0.1) is 11.6 Å². The summed E-state index contributed by atoms with van der Waals surface area (Å²) in [6.45, 7) is 4.38. The number of nitrogens with zero attached hydrogens (tertiary/aromatic N) is 7. The van der Waals surface area contributed by atoms with Crippen molar-refractivity contribution in [3.05, 3.63) is 84.2 Å². The molecule has 0 bridgehead atoms. The van der Waals surface area contributed by atoms with E-state index in [0.717, 1.165) is 53.3 Å². The third kappa shape index (κ3) is 5.06. The monoisotopic (exact) mass is 521 g/mol. The number of para-hydroxylation sites is 1. The van der Waals surface area contributed by atoms with Crippen molar-refractivity contribution in [2.45, 2.75) is 26.3 Å². The average molecular weight is 522 g/mol. The molecule has 39 heavy (non-hydrogen) atoms. The topological polar surface area (TPSA) is 123 Å². The molecule has 0 saturated carbocycles. The Morgan fingerprint density at radius 2 is 1.74 bits per heavy atom. The highest BCUT2D eigenvalue weighted by Gasteiger charge is 2.25. The number of likely N-dealkylation sites (tertiary alicyclic amines) is 1. The first-order valence-electron chi connectivity index (χ1n) is 12.9. The molecule has 1 fully saturated rings. The highest BCUT2D eigenvalue weighted by atomic mass is 16.5. The number of aliphatic carboxylic acids is 1. The second-order valence-electron chi connectivity index (χ2n) is 9.73. The molecule has 6 rings (SSSR count). The Bertz CT molecular complexity index is 1590. The molecular formula is C29H27N7O3. The van der Waals surface area contributed by atoms with E-state index >= 15 is 0 Å². The molecule has 1 saturated heterocycles. The van der Waals surface area contributed by atoms with Gasteiger partial charge < -0.3 is 9.63 Å². The number of carboxylic acid groups (broad SMARTS) is 1. The molecule has 4 heterocycles. The molecule has 1 N–H and O–H groups in total. The number of rotatable bonds is 7. The van der Waals surface area contributed by atoms with Gasteiger partial charge in [0.15, 0.2) is 5.69 Å². The normalized spacial score (nSPS) is 14.5. The Hall–Kier alpha value is -4.70. The van der Waals surface area contributed by atoms with E-state index < -0.39 is 5.97 Å². The van der Waals surface area contributed by atoms with Crippen LogP contribution in [0.25, 0.3) is 39.9 Å². The van der Waals surface area contributed by atoms with E-state index in [-0.39, 0.29) is 11.8 Å². The lowest BCUT2D eigenvalue weighted by atomic mass is 9.97. The average Bonchev–Trinajstić information content (AvgIpc) is 3.62. The molecule has 196 valence electrons. The van der Waals surface area contributed by atoms with Crippen molar-refractivity contribution < 1.29 is 14.4 Å². The number of pyridine rings is 1. The summed E-state index contributed by atoms with van der Waals surface area (Å²) in [6.07, 6.45) is 4.83. The van der Waals surface area contributed by atoms with Gasteiger partial charge in [0, 0.05) is 30.1 Å². The minimum atomic E-state index is -0.691. The van der Waals surface area contributed by atoms with Gasteiger partial charge in [-0.05, 0) is 62.2 Å². The van der Waals surface area contributed by atoms with Gasteiger partial charge in [0.2, 0.25) is 5.82 Å². The molecule has 0 radical (unpaired) electrons. The zero-order valence-electron chi connectivity index (χ0n) is 21.4. The van der Waals surface area contributed by atoms with Crippen LogP contribution in [0.2, 0.25) is 0 Å². The highest BCUT2D eigenvalue weighted by Crippen LogP contribution is 2.33. The van der Waals surface area contributed by atoms with Gasteiger partial charge in [0.1, 0.15) is 5.69 Å². The number of aromatic nitrogens is 6. The second-order valence-corrected chi connectivity index (χ2v) is 9.73. The van der Waals surface area contributed by atoms with Crippen molar-refractivity contribution in [2.75, 3.05) is 13.1 Å². The summed E-state index contributed by atoms with van der Waals surface area (Å²) in [7, 11) is 0. The minimum absolute atomic E-state index is 0.228. The van der Waals surface area contributed by atoms with Crippen molar-refractivity contribution in [3.8, 4) is 39.9 Å². The number of hydrogen-bond acceptors (Lipinski definition) is 8. The van der Waals surface area contributed by atoms with Gasteiger partial charge in [-0.1, -0.05) is 52.8 Å². The molecule has 0 unspecified atom stereocenters. The Balaban J connectivity index is 1.25. The van der Waals surface area contributed by atoms with Gasteiger partial charge in [-0.3, -0.25) is 14.7 Å². The van der Waals surface area contributed by atoms with Crippen molar-refractivity contribution >= 4 is 5.97 Å². The zero-order valence-corrected chi connectivity index (χ0v) is 21.4. The van der Waals surface area contributed by atoms with Crippen LogP contribution in [0.4, 0.5) is 0 Å². The maximum atomic E-state index is 11.2. The largest absolute Gasteiger partial charge is 0.481 e. The lowest BCUT2D eigenvalue weighted by Crippen LogP contribution is -2.35. The summed E-state index contributed by atoms with van der Waals surface area (Å²) in [5.41, 5.74) is 6.05. The van der Waals surface area contributed by atoms with Crippen LogP contribution < -0.4 is 0 Å². The number of aryl methyl sites for hydroxylation is 1. The fourth-order valence-corrected chi connectivity index (χ4v) is 4.96. The number of carboxylic acids is 1. The standard InChI is InChI=1S/C29H27N7O3/c1-19-4-2-3-5-24(19)36-26(21-10-14-30-15-11-21)25(32-34-36)28-31-27(33-39-28)22-8-6-20(7-9-22)18-35-16-12-23(13-17-35)29(37)38/h2-11,14-15,23H,12-13,16-18H2,1H3,(H,37,38). The molecule has 3 aromatic heterocycles. The Morgan fingerprint density at radius 1 is 1.00 bits per heavy atom. The molecule has 1 aliphatic rings. The number of benzene rings is 2. The Morgan fingerprint density at radius 3 is 2.46 bits per heavy atom.